The van der Waals surface area contributed by atoms with Gasteiger partial charge < -0.3 is 19.4 Å². The van der Waals surface area contributed by atoms with Crippen molar-refractivity contribution in [3.63, 3.8) is 0 Å². The number of pyridine rings is 1. The minimum Gasteiger partial charge on any atom is -0.486 e. The maximum absolute atomic E-state index is 13.2. The van der Waals surface area contributed by atoms with Crippen LogP contribution < -0.4 is 9.80 Å². The van der Waals surface area contributed by atoms with Gasteiger partial charge in [-0.15, -0.1) is 0 Å². The maximum atomic E-state index is 13.2. The van der Waals surface area contributed by atoms with Crippen molar-refractivity contribution in [2.45, 2.75) is 26.2 Å². The van der Waals surface area contributed by atoms with Crippen LogP contribution in [0.15, 0.2) is 48.4 Å². The summed E-state index contributed by atoms with van der Waals surface area (Å²) in [5, 5.41) is 0. The van der Waals surface area contributed by atoms with Crippen LogP contribution in [0.3, 0.4) is 0 Å². The van der Waals surface area contributed by atoms with Gasteiger partial charge in [0, 0.05) is 44.1 Å². The number of aromatic nitrogens is 1. The first kappa shape index (κ1) is 21.4. The van der Waals surface area contributed by atoms with Crippen LogP contribution in [0.25, 0.3) is 6.08 Å². The molecule has 164 valence electrons. The van der Waals surface area contributed by atoms with E-state index in [1.165, 1.54) is 5.56 Å². The Morgan fingerprint density at radius 1 is 1.00 bits per heavy atom. The molecule has 0 bridgehead atoms. The molecule has 2 aliphatic rings. The molecule has 4 rings (SSSR count). The molecule has 3 heterocycles. The molecule has 0 atom stereocenters. The lowest BCUT2D eigenvalue weighted by Gasteiger charge is -2.34. The van der Waals surface area contributed by atoms with E-state index in [9.17, 15) is 4.79 Å². The second kappa shape index (κ2) is 8.71. The van der Waals surface area contributed by atoms with Crippen molar-refractivity contribution in [2.75, 3.05) is 56.2 Å². The molecule has 1 aromatic heterocycles. The van der Waals surface area contributed by atoms with Crippen molar-refractivity contribution >= 4 is 23.4 Å². The number of hydrogen-bond acceptors (Lipinski definition) is 5. The van der Waals surface area contributed by atoms with E-state index < -0.39 is 0 Å². The number of likely N-dealkylation sites (N-methyl/N-ethyl adjacent to an activating group) is 1. The molecule has 6 nitrogen and oxygen atoms in total. The standard InChI is InChI=1S/C25H32N4O2/c1-25(2,3)19-7-9-20(10-8-19)29-16-17-31-23(24(29)30)18-21-22(6-5-11-26-21)28-14-12-27(4)13-15-28/h5-11,18H,12-17H2,1-4H3/b23-18+. The molecule has 2 aromatic rings. The van der Waals surface area contributed by atoms with Crippen molar-refractivity contribution in [1.29, 1.82) is 0 Å². The van der Waals surface area contributed by atoms with Crippen LogP contribution in [0, 0.1) is 0 Å². The number of piperazine rings is 1. The Bertz CT molecular complexity index is 954. The SMILES string of the molecule is CN1CCN(c2cccnc2/C=C2/OCCN(c3ccc(C(C)(C)C)cc3)C2=O)CC1. The molecule has 2 aliphatic heterocycles. The number of morpholine rings is 1. The van der Waals surface area contributed by atoms with E-state index >= 15 is 0 Å². The normalized spacial score (nSPS) is 19.6. The molecule has 6 heteroatoms. The highest BCUT2D eigenvalue weighted by atomic mass is 16.5. The van der Waals surface area contributed by atoms with Crippen molar-refractivity contribution in [2.24, 2.45) is 0 Å². The highest BCUT2D eigenvalue weighted by Gasteiger charge is 2.27. The van der Waals surface area contributed by atoms with Gasteiger partial charge in [-0.3, -0.25) is 9.78 Å². The van der Waals surface area contributed by atoms with Gasteiger partial charge >= 0.3 is 0 Å². The van der Waals surface area contributed by atoms with E-state index in [2.05, 4.69) is 60.8 Å². The zero-order valence-corrected chi connectivity index (χ0v) is 19.0. The summed E-state index contributed by atoms with van der Waals surface area (Å²) in [7, 11) is 2.14. The van der Waals surface area contributed by atoms with Crippen LogP contribution in [-0.4, -0.2) is 62.2 Å². The predicted molar refractivity (Wildman–Crippen MR) is 125 cm³/mol. The first-order valence-electron chi connectivity index (χ1n) is 11.0. The molecule has 0 aliphatic carbocycles. The third-order valence-electron chi connectivity index (χ3n) is 6.00. The van der Waals surface area contributed by atoms with Crippen LogP contribution in [0.2, 0.25) is 0 Å². The Balaban J connectivity index is 1.57. The van der Waals surface area contributed by atoms with Crippen molar-refractivity contribution < 1.29 is 9.53 Å². The number of carbonyl (C=O) groups excluding carboxylic acids is 1. The average Bonchev–Trinajstić information content (AvgIpc) is 2.76. The Labute approximate surface area is 185 Å². The van der Waals surface area contributed by atoms with Crippen LogP contribution in [0.5, 0.6) is 0 Å². The van der Waals surface area contributed by atoms with Crippen LogP contribution in [0.4, 0.5) is 11.4 Å². The summed E-state index contributed by atoms with van der Waals surface area (Å²) in [5.41, 5.74) is 4.05. The van der Waals surface area contributed by atoms with Crippen molar-refractivity contribution in [3.8, 4) is 0 Å². The fourth-order valence-electron chi connectivity index (χ4n) is 3.99. The fraction of sp³-hybridized carbons (Fsp3) is 0.440. The third kappa shape index (κ3) is 4.74. The van der Waals surface area contributed by atoms with Gasteiger partial charge in [0.05, 0.1) is 17.9 Å². The van der Waals surface area contributed by atoms with Crippen LogP contribution in [0.1, 0.15) is 32.0 Å². The summed E-state index contributed by atoms with van der Waals surface area (Å²) in [5.74, 6) is 0.227. The summed E-state index contributed by atoms with van der Waals surface area (Å²) in [4.78, 5) is 24.2. The highest BCUT2D eigenvalue weighted by molar-refractivity contribution is 6.07. The lowest BCUT2D eigenvalue weighted by atomic mass is 9.87. The molecule has 0 spiro atoms. The van der Waals surface area contributed by atoms with Crippen LogP contribution >= 0.6 is 0 Å². The van der Waals surface area contributed by atoms with E-state index in [4.69, 9.17) is 4.74 Å². The van der Waals surface area contributed by atoms with Gasteiger partial charge in [-0.2, -0.15) is 0 Å². The number of rotatable bonds is 3. The Morgan fingerprint density at radius 2 is 1.71 bits per heavy atom. The number of amides is 1. The minimum absolute atomic E-state index is 0.0806. The van der Waals surface area contributed by atoms with Crippen molar-refractivity contribution in [1.82, 2.24) is 9.88 Å². The Hall–Kier alpha value is -2.86. The van der Waals surface area contributed by atoms with E-state index in [0.717, 1.165) is 43.2 Å². The molecule has 2 fully saturated rings. The Kier molecular flexibility index (Phi) is 6.01. The van der Waals surface area contributed by atoms with Gasteiger partial charge in [-0.25, -0.2) is 0 Å². The molecular formula is C25H32N4O2. The Morgan fingerprint density at radius 3 is 2.39 bits per heavy atom. The summed E-state index contributed by atoms with van der Waals surface area (Å²) in [6, 6.07) is 12.3. The first-order chi connectivity index (χ1) is 14.8. The maximum Gasteiger partial charge on any atom is 0.293 e. The van der Waals surface area contributed by atoms with E-state index in [0.29, 0.717) is 18.9 Å². The number of hydrogen-bond donors (Lipinski definition) is 0. The third-order valence-corrected chi connectivity index (χ3v) is 6.00. The molecule has 0 radical (unpaired) electrons. The number of anilines is 2. The van der Waals surface area contributed by atoms with Gasteiger partial charge in [-0.1, -0.05) is 32.9 Å². The molecule has 1 aromatic carbocycles. The zero-order valence-electron chi connectivity index (χ0n) is 19.0. The second-order valence-electron chi connectivity index (χ2n) is 9.31. The zero-order chi connectivity index (χ0) is 22.0. The number of carbonyl (C=O) groups is 1. The lowest BCUT2D eigenvalue weighted by molar-refractivity contribution is -0.120. The quantitative estimate of drug-likeness (QED) is 0.711. The summed E-state index contributed by atoms with van der Waals surface area (Å²) in [6.45, 7) is 11.5. The first-order valence-corrected chi connectivity index (χ1v) is 11.0. The fourth-order valence-corrected chi connectivity index (χ4v) is 3.99. The van der Waals surface area contributed by atoms with Gasteiger partial charge in [0.15, 0.2) is 5.76 Å². The summed E-state index contributed by atoms with van der Waals surface area (Å²) >= 11 is 0. The van der Waals surface area contributed by atoms with Gasteiger partial charge in [0.2, 0.25) is 0 Å². The lowest BCUT2D eigenvalue weighted by Crippen LogP contribution is -2.44. The number of nitrogens with zero attached hydrogens (tertiary/aromatic N) is 4. The molecule has 31 heavy (non-hydrogen) atoms. The number of benzene rings is 1. The van der Waals surface area contributed by atoms with E-state index in [1.807, 2.05) is 18.2 Å². The minimum atomic E-state index is -0.121. The molecular weight excluding hydrogens is 388 g/mol. The molecule has 0 unspecified atom stereocenters. The molecule has 1 amide bonds. The van der Waals surface area contributed by atoms with Gasteiger partial charge in [-0.05, 0) is 42.3 Å². The van der Waals surface area contributed by atoms with Crippen LogP contribution in [-0.2, 0) is 14.9 Å². The van der Waals surface area contributed by atoms with E-state index in [1.54, 1.807) is 17.2 Å². The van der Waals surface area contributed by atoms with Crippen molar-refractivity contribution in [3.05, 3.63) is 59.6 Å². The van der Waals surface area contributed by atoms with Gasteiger partial charge in [0.25, 0.3) is 5.91 Å². The summed E-state index contributed by atoms with van der Waals surface area (Å²) < 4.78 is 5.79. The highest BCUT2D eigenvalue weighted by Crippen LogP contribution is 2.28. The molecule has 0 N–H and O–H groups in total. The van der Waals surface area contributed by atoms with Gasteiger partial charge in [0.1, 0.15) is 6.61 Å². The topological polar surface area (TPSA) is 48.9 Å². The average molecular weight is 421 g/mol. The number of ether oxygens (including phenoxy) is 1. The summed E-state index contributed by atoms with van der Waals surface area (Å²) in [6.07, 6.45) is 3.56. The largest absolute Gasteiger partial charge is 0.486 e. The molecule has 2 saturated heterocycles. The smallest absolute Gasteiger partial charge is 0.293 e. The van der Waals surface area contributed by atoms with E-state index in [-0.39, 0.29) is 11.3 Å². The monoisotopic (exact) mass is 420 g/mol. The predicted octanol–water partition coefficient (Wildman–Crippen LogP) is 3.54. The molecule has 0 saturated carbocycles. The second-order valence-corrected chi connectivity index (χ2v) is 9.31.